The molecule has 1 aliphatic rings. The molecule has 0 saturated heterocycles. The zero-order chi connectivity index (χ0) is 14.4. The van der Waals surface area contributed by atoms with Crippen molar-refractivity contribution >= 4 is 22.0 Å². The molecule has 5 nitrogen and oxygen atoms in total. The fourth-order valence-electron chi connectivity index (χ4n) is 1.61. The highest BCUT2D eigenvalue weighted by Crippen LogP contribution is 2.18. The number of carbonyl (C=O) groups is 1. The normalized spacial score (nSPS) is 15.4. The Labute approximate surface area is 119 Å². The molecule has 20 heavy (non-hydrogen) atoms. The number of rotatable bonds is 7. The summed E-state index contributed by atoms with van der Waals surface area (Å²) >= 11 is 0. The van der Waals surface area contributed by atoms with E-state index < -0.39 is 10.0 Å². The van der Waals surface area contributed by atoms with Gasteiger partial charge in [-0.2, -0.15) is 0 Å². The van der Waals surface area contributed by atoms with Crippen LogP contribution in [0.5, 0.6) is 0 Å². The van der Waals surface area contributed by atoms with Gasteiger partial charge in [0.1, 0.15) is 0 Å². The van der Waals surface area contributed by atoms with Crippen molar-refractivity contribution in [1.82, 2.24) is 10.0 Å². The Balaban J connectivity index is 1.75. The van der Waals surface area contributed by atoms with Crippen LogP contribution < -0.4 is 10.0 Å². The third-order valence-electron chi connectivity index (χ3n) is 2.84. The van der Waals surface area contributed by atoms with E-state index in [2.05, 4.69) is 10.0 Å². The van der Waals surface area contributed by atoms with Gasteiger partial charge in [0.05, 0.1) is 0 Å². The molecule has 0 unspecified atom stereocenters. The number of hydrogen-bond acceptors (Lipinski definition) is 3. The van der Waals surface area contributed by atoms with Gasteiger partial charge in [0.25, 0.3) is 0 Å². The molecule has 0 radical (unpaired) electrons. The van der Waals surface area contributed by atoms with Gasteiger partial charge in [0.15, 0.2) is 0 Å². The van der Waals surface area contributed by atoms with Gasteiger partial charge in [-0.1, -0.05) is 30.3 Å². The van der Waals surface area contributed by atoms with Crippen molar-refractivity contribution in [3.05, 3.63) is 41.3 Å². The van der Waals surface area contributed by atoms with Crippen LogP contribution in [0, 0.1) is 0 Å². The van der Waals surface area contributed by atoms with Crippen molar-refractivity contribution in [2.24, 2.45) is 0 Å². The lowest BCUT2D eigenvalue weighted by Crippen LogP contribution is -2.30. The highest BCUT2D eigenvalue weighted by molar-refractivity contribution is 7.92. The van der Waals surface area contributed by atoms with Crippen molar-refractivity contribution in [2.45, 2.75) is 25.3 Å². The first-order valence-corrected chi connectivity index (χ1v) is 8.12. The highest BCUT2D eigenvalue weighted by Gasteiger charge is 2.22. The smallest absolute Gasteiger partial charge is 0.233 e. The predicted octanol–water partition coefficient (Wildman–Crippen LogP) is 1.25. The topological polar surface area (TPSA) is 75.3 Å². The molecule has 1 aliphatic carbocycles. The Morgan fingerprint density at radius 2 is 1.95 bits per heavy atom. The van der Waals surface area contributed by atoms with Gasteiger partial charge in [-0.05, 0) is 24.5 Å². The van der Waals surface area contributed by atoms with Gasteiger partial charge in [-0.15, -0.1) is 0 Å². The molecule has 2 rings (SSSR count). The van der Waals surface area contributed by atoms with Crippen LogP contribution in [-0.4, -0.2) is 26.9 Å². The Morgan fingerprint density at radius 3 is 2.60 bits per heavy atom. The average molecular weight is 294 g/mol. The fraction of sp³-hybridized carbons (Fsp3) is 0.357. The number of benzene rings is 1. The molecule has 0 aliphatic heterocycles. The van der Waals surface area contributed by atoms with Crippen LogP contribution in [0.2, 0.25) is 0 Å². The van der Waals surface area contributed by atoms with E-state index in [9.17, 15) is 13.2 Å². The van der Waals surface area contributed by atoms with Crippen molar-refractivity contribution in [1.29, 1.82) is 0 Å². The minimum Gasteiger partial charge on any atom is -0.353 e. The molecule has 1 aromatic rings. The Kier molecular flexibility index (Phi) is 4.92. The van der Waals surface area contributed by atoms with Crippen LogP contribution in [0.3, 0.4) is 0 Å². The van der Waals surface area contributed by atoms with Crippen molar-refractivity contribution in [2.75, 3.05) is 6.54 Å². The van der Waals surface area contributed by atoms with Gasteiger partial charge >= 0.3 is 0 Å². The summed E-state index contributed by atoms with van der Waals surface area (Å²) in [5, 5.41) is 3.92. The van der Waals surface area contributed by atoms with E-state index in [1.165, 1.54) is 6.08 Å². The molecular formula is C14H18N2O3S. The molecular weight excluding hydrogens is 276 g/mol. The predicted molar refractivity (Wildman–Crippen MR) is 78.2 cm³/mol. The van der Waals surface area contributed by atoms with E-state index in [1.54, 1.807) is 0 Å². The molecule has 0 heterocycles. The molecule has 0 aromatic heterocycles. The SMILES string of the molecule is O=C(CCNS(=O)(=O)/C=C/c1ccccc1)NC1CC1. The maximum absolute atomic E-state index is 11.7. The number of sulfonamides is 1. The maximum atomic E-state index is 11.7. The van der Waals surface area contributed by atoms with E-state index >= 15 is 0 Å². The second-order valence-electron chi connectivity index (χ2n) is 4.74. The molecule has 0 spiro atoms. The lowest BCUT2D eigenvalue weighted by molar-refractivity contribution is -0.121. The Bertz CT molecular complexity index is 578. The van der Waals surface area contributed by atoms with Crippen LogP contribution in [0.4, 0.5) is 0 Å². The summed E-state index contributed by atoms with van der Waals surface area (Å²) in [5.41, 5.74) is 0.810. The van der Waals surface area contributed by atoms with Gasteiger partial charge in [0.2, 0.25) is 15.9 Å². The van der Waals surface area contributed by atoms with E-state index in [4.69, 9.17) is 0 Å². The van der Waals surface area contributed by atoms with E-state index in [1.807, 2.05) is 30.3 Å². The summed E-state index contributed by atoms with van der Waals surface area (Å²) in [6.07, 6.45) is 3.73. The van der Waals surface area contributed by atoms with Crippen molar-refractivity contribution in [3.8, 4) is 0 Å². The summed E-state index contributed by atoms with van der Waals surface area (Å²) < 4.78 is 25.8. The van der Waals surface area contributed by atoms with Crippen LogP contribution in [0.1, 0.15) is 24.8 Å². The Hall–Kier alpha value is -1.66. The number of hydrogen-bond donors (Lipinski definition) is 2. The summed E-state index contributed by atoms with van der Waals surface area (Å²) in [6.45, 7) is 0.111. The molecule has 1 amide bonds. The molecule has 6 heteroatoms. The van der Waals surface area contributed by atoms with Crippen molar-refractivity contribution in [3.63, 3.8) is 0 Å². The minimum absolute atomic E-state index is 0.109. The third-order valence-corrected chi connectivity index (χ3v) is 3.94. The second kappa shape index (κ2) is 6.67. The molecule has 0 atom stereocenters. The van der Waals surface area contributed by atoms with Gasteiger partial charge in [-0.3, -0.25) is 4.79 Å². The van der Waals surface area contributed by atoms with E-state index in [-0.39, 0.29) is 18.9 Å². The standard InChI is InChI=1S/C14H18N2O3S/c17-14(16-13-6-7-13)8-10-15-20(18,19)11-9-12-4-2-1-3-5-12/h1-5,9,11,13,15H,6-8,10H2,(H,16,17)/b11-9+. The number of carbonyl (C=O) groups excluding carboxylic acids is 1. The molecule has 1 saturated carbocycles. The lowest BCUT2D eigenvalue weighted by atomic mass is 10.2. The van der Waals surface area contributed by atoms with Gasteiger partial charge < -0.3 is 5.32 Å². The summed E-state index contributed by atoms with van der Waals surface area (Å²) in [4.78, 5) is 11.4. The fourth-order valence-corrected chi connectivity index (χ4v) is 2.43. The molecule has 1 fully saturated rings. The largest absolute Gasteiger partial charge is 0.353 e. The first kappa shape index (κ1) is 14.7. The minimum atomic E-state index is -3.50. The summed E-state index contributed by atoms with van der Waals surface area (Å²) in [6, 6.07) is 9.47. The van der Waals surface area contributed by atoms with Crippen LogP contribution in [0.25, 0.3) is 6.08 Å². The van der Waals surface area contributed by atoms with Crippen LogP contribution >= 0.6 is 0 Å². The third kappa shape index (κ3) is 5.54. The number of nitrogens with one attached hydrogen (secondary N) is 2. The maximum Gasteiger partial charge on any atom is 0.233 e. The van der Waals surface area contributed by atoms with Crippen LogP contribution in [-0.2, 0) is 14.8 Å². The van der Waals surface area contributed by atoms with E-state index in [0.717, 1.165) is 23.8 Å². The average Bonchev–Trinajstić information content (AvgIpc) is 3.21. The van der Waals surface area contributed by atoms with Crippen molar-refractivity contribution < 1.29 is 13.2 Å². The molecule has 108 valence electrons. The summed E-state index contributed by atoms with van der Waals surface area (Å²) in [7, 11) is -3.50. The monoisotopic (exact) mass is 294 g/mol. The highest BCUT2D eigenvalue weighted by atomic mass is 32.2. The lowest BCUT2D eigenvalue weighted by Gasteiger charge is -2.04. The summed E-state index contributed by atoms with van der Waals surface area (Å²) in [5.74, 6) is -0.109. The zero-order valence-corrected chi connectivity index (χ0v) is 11.9. The first-order valence-electron chi connectivity index (χ1n) is 6.57. The van der Waals surface area contributed by atoms with Gasteiger partial charge in [-0.25, -0.2) is 13.1 Å². The second-order valence-corrected chi connectivity index (χ2v) is 6.40. The Morgan fingerprint density at radius 1 is 1.25 bits per heavy atom. The zero-order valence-electron chi connectivity index (χ0n) is 11.1. The molecule has 2 N–H and O–H groups in total. The quantitative estimate of drug-likeness (QED) is 0.794. The van der Waals surface area contributed by atoms with Crippen LogP contribution in [0.15, 0.2) is 35.7 Å². The van der Waals surface area contributed by atoms with Gasteiger partial charge in [0, 0.05) is 24.4 Å². The van der Waals surface area contributed by atoms with E-state index in [0.29, 0.717) is 6.04 Å². The molecule has 1 aromatic carbocycles. The molecule has 0 bridgehead atoms. The first-order chi connectivity index (χ1) is 9.55. The number of amides is 1.